The van der Waals surface area contributed by atoms with Crippen molar-refractivity contribution in [1.82, 2.24) is 19.7 Å². The molecule has 0 atom stereocenters. The summed E-state index contributed by atoms with van der Waals surface area (Å²) in [5.74, 6) is 2.48. The third-order valence-electron chi connectivity index (χ3n) is 5.35. The minimum atomic E-state index is -3.54. The molecule has 2 aliphatic rings. The highest BCUT2D eigenvalue weighted by Gasteiger charge is 2.30. The fraction of sp³-hybridized carbons (Fsp3) is 0.588. The number of sulfonamides is 1. The van der Waals surface area contributed by atoms with Gasteiger partial charge >= 0.3 is 0 Å². The van der Waals surface area contributed by atoms with Crippen molar-refractivity contribution in [3.05, 3.63) is 24.6 Å². The molecule has 27 heavy (non-hydrogen) atoms. The number of hydrogen-bond acceptors (Lipinski definition) is 8. The normalized spacial score (nSPS) is 20.2. The first-order valence-electron chi connectivity index (χ1n) is 9.27. The van der Waals surface area contributed by atoms with Gasteiger partial charge in [0, 0.05) is 39.3 Å². The van der Waals surface area contributed by atoms with Crippen LogP contribution in [0, 0.1) is 5.92 Å². The van der Waals surface area contributed by atoms with Gasteiger partial charge in [-0.05, 0) is 30.9 Å². The first-order chi connectivity index (χ1) is 13.0. The molecule has 0 aromatic carbocycles. The highest BCUT2D eigenvalue weighted by Crippen LogP contribution is 2.23. The number of aromatic nitrogens is 3. The molecule has 0 bridgehead atoms. The molecule has 2 aliphatic heterocycles. The maximum absolute atomic E-state index is 12.5. The van der Waals surface area contributed by atoms with Gasteiger partial charge in [0.05, 0.1) is 6.20 Å². The van der Waals surface area contributed by atoms with E-state index < -0.39 is 10.0 Å². The van der Waals surface area contributed by atoms with E-state index in [0.717, 1.165) is 36.9 Å². The molecule has 0 unspecified atom stereocenters. The Balaban J connectivity index is 1.37. The predicted molar refractivity (Wildman–Crippen MR) is 100 cm³/mol. The van der Waals surface area contributed by atoms with Gasteiger partial charge in [0.15, 0.2) is 11.6 Å². The van der Waals surface area contributed by atoms with E-state index in [-0.39, 0.29) is 4.90 Å². The maximum Gasteiger partial charge on any atom is 0.248 e. The highest BCUT2D eigenvalue weighted by molar-refractivity contribution is 7.89. The molecule has 2 aromatic rings. The van der Waals surface area contributed by atoms with Crippen LogP contribution in [0.4, 0.5) is 11.6 Å². The van der Waals surface area contributed by atoms with Crippen molar-refractivity contribution in [1.29, 1.82) is 0 Å². The van der Waals surface area contributed by atoms with Crippen molar-refractivity contribution in [3.63, 3.8) is 0 Å². The van der Waals surface area contributed by atoms with Gasteiger partial charge in [-0.3, -0.25) is 0 Å². The Morgan fingerprint density at radius 1 is 0.963 bits per heavy atom. The number of nitrogens with zero attached hydrogens (tertiary/aromatic N) is 6. The Bertz CT molecular complexity index is 839. The molecule has 2 aromatic heterocycles. The number of piperidine rings is 1. The lowest BCUT2D eigenvalue weighted by molar-refractivity contribution is 0.382. The van der Waals surface area contributed by atoms with Crippen molar-refractivity contribution in [2.75, 3.05) is 49.1 Å². The molecule has 0 N–H and O–H groups in total. The number of piperazine rings is 1. The van der Waals surface area contributed by atoms with Gasteiger partial charge in [0.25, 0.3) is 0 Å². The van der Waals surface area contributed by atoms with Gasteiger partial charge in [-0.15, -0.1) is 10.2 Å². The molecule has 10 heteroatoms. The molecule has 0 spiro atoms. The first-order valence-corrected chi connectivity index (χ1v) is 10.7. The molecule has 146 valence electrons. The summed E-state index contributed by atoms with van der Waals surface area (Å²) in [5, 5.41) is 12.3. The minimum absolute atomic E-state index is 0.0935. The lowest BCUT2D eigenvalue weighted by Crippen LogP contribution is -2.48. The molecule has 2 fully saturated rings. The highest BCUT2D eigenvalue weighted by atomic mass is 32.2. The molecule has 4 rings (SSSR count). The molecule has 4 heterocycles. The fourth-order valence-electron chi connectivity index (χ4n) is 3.52. The van der Waals surface area contributed by atoms with Crippen LogP contribution in [0.15, 0.2) is 34.0 Å². The third-order valence-corrected chi connectivity index (χ3v) is 7.20. The van der Waals surface area contributed by atoms with Crippen LogP contribution in [0.25, 0.3) is 0 Å². The average molecular weight is 392 g/mol. The van der Waals surface area contributed by atoms with Crippen LogP contribution in [0.3, 0.4) is 0 Å². The second-order valence-corrected chi connectivity index (χ2v) is 9.11. The summed E-state index contributed by atoms with van der Waals surface area (Å²) in [5.41, 5.74) is 0. The summed E-state index contributed by atoms with van der Waals surface area (Å²) in [7, 11) is -3.54. The first kappa shape index (κ1) is 18.2. The lowest BCUT2D eigenvalue weighted by Gasteiger charge is -2.34. The number of hydrogen-bond donors (Lipinski definition) is 0. The van der Waals surface area contributed by atoms with E-state index >= 15 is 0 Å². The Kier molecular flexibility index (Phi) is 5.00. The predicted octanol–water partition coefficient (Wildman–Crippen LogP) is 1.21. The smallest absolute Gasteiger partial charge is 0.248 e. The summed E-state index contributed by atoms with van der Waals surface area (Å²) >= 11 is 0. The topological polar surface area (TPSA) is 95.7 Å². The standard InChI is InChI=1S/C17H24N6O3S/c1-14-4-6-21(7-5-14)16-2-3-17(20-19-16)22-8-10-23(11-9-22)27(24,25)15-12-18-26-13-15/h2-3,12-14H,4-11H2,1H3. The zero-order valence-electron chi connectivity index (χ0n) is 15.4. The zero-order valence-corrected chi connectivity index (χ0v) is 16.2. The largest absolute Gasteiger partial charge is 0.363 e. The van der Waals surface area contributed by atoms with Gasteiger partial charge in [-0.25, -0.2) is 8.42 Å². The van der Waals surface area contributed by atoms with Crippen LogP contribution in [0.2, 0.25) is 0 Å². The monoisotopic (exact) mass is 392 g/mol. The van der Waals surface area contributed by atoms with E-state index in [1.54, 1.807) is 0 Å². The quantitative estimate of drug-likeness (QED) is 0.766. The van der Waals surface area contributed by atoms with Crippen molar-refractivity contribution < 1.29 is 12.9 Å². The summed E-state index contributed by atoms with van der Waals surface area (Å²) in [6.07, 6.45) is 4.76. The van der Waals surface area contributed by atoms with Crippen LogP contribution in [-0.4, -0.2) is 67.3 Å². The Hall–Kier alpha value is -2.20. The summed E-state index contributed by atoms with van der Waals surface area (Å²) in [4.78, 5) is 4.44. The van der Waals surface area contributed by atoms with E-state index in [9.17, 15) is 8.42 Å². The fourth-order valence-corrected chi connectivity index (χ4v) is 4.81. The molecule has 0 saturated carbocycles. The average Bonchev–Trinajstić information content (AvgIpc) is 3.25. The number of anilines is 2. The lowest BCUT2D eigenvalue weighted by atomic mass is 9.99. The minimum Gasteiger partial charge on any atom is -0.363 e. The van der Waals surface area contributed by atoms with E-state index in [1.807, 2.05) is 12.1 Å². The van der Waals surface area contributed by atoms with Crippen molar-refractivity contribution in [3.8, 4) is 0 Å². The van der Waals surface area contributed by atoms with Gasteiger partial charge in [0.1, 0.15) is 11.2 Å². The van der Waals surface area contributed by atoms with Crippen molar-refractivity contribution in [2.24, 2.45) is 5.92 Å². The number of rotatable bonds is 4. The van der Waals surface area contributed by atoms with Gasteiger partial charge < -0.3 is 14.3 Å². The molecular weight excluding hydrogens is 368 g/mol. The molecule has 2 saturated heterocycles. The van der Waals surface area contributed by atoms with Crippen LogP contribution < -0.4 is 9.80 Å². The van der Waals surface area contributed by atoms with Crippen LogP contribution in [0.1, 0.15) is 19.8 Å². The van der Waals surface area contributed by atoms with Crippen LogP contribution in [0.5, 0.6) is 0 Å². The van der Waals surface area contributed by atoms with Crippen LogP contribution in [-0.2, 0) is 10.0 Å². The maximum atomic E-state index is 12.5. The second kappa shape index (κ2) is 7.43. The molecule has 0 radical (unpaired) electrons. The summed E-state index contributed by atoms with van der Waals surface area (Å²) in [6, 6.07) is 3.99. The Morgan fingerprint density at radius 2 is 1.56 bits per heavy atom. The summed E-state index contributed by atoms with van der Waals surface area (Å²) in [6.45, 7) is 6.25. The van der Waals surface area contributed by atoms with Crippen molar-refractivity contribution >= 4 is 21.7 Å². The van der Waals surface area contributed by atoms with Gasteiger partial charge in [-0.2, -0.15) is 4.31 Å². The summed E-state index contributed by atoms with van der Waals surface area (Å²) < 4.78 is 31.1. The van der Waals surface area contributed by atoms with Gasteiger partial charge in [-0.1, -0.05) is 12.1 Å². The third kappa shape index (κ3) is 3.77. The Labute approximate surface area is 159 Å². The SMILES string of the molecule is CC1CCN(c2ccc(N3CCN(S(=O)(=O)c4cnoc4)CC3)nn2)CC1. The van der Waals surface area contributed by atoms with Gasteiger partial charge in [0.2, 0.25) is 10.0 Å². The molecular formula is C17H24N6O3S. The van der Waals surface area contributed by atoms with E-state index in [4.69, 9.17) is 0 Å². The second-order valence-electron chi connectivity index (χ2n) is 7.17. The molecule has 0 aliphatic carbocycles. The van der Waals surface area contributed by atoms with Crippen molar-refractivity contribution in [2.45, 2.75) is 24.7 Å². The van der Waals surface area contributed by atoms with E-state index in [2.05, 4.69) is 36.6 Å². The van der Waals surface area contributed by atoms with E-state index in [0.29, 0.717) is 26.2 Å². The van der Waals surface area contributed by atoms with Crippen LogP contribution >= 0.6 is 0 Å². The van der Waals surface area contributed by atoms with E-state index in [1.165, 1.54) is 23.3 Å². The molecule has 9 nitrogen and oxygen atoms in total. The zero-order chi connectivity index (χ0) is 18.9. The molecule has 0 amide bonds. The Morgan fingerprint density at radius 3 is 2.07 bits per heavy atom.